The Morgan fingerprint density at radius 1 is 1.09 bits per heavy atom. The number of carbonyl (C=O) groups is 3. The summed E-state index contributed by atoms with van der Waals surface area (Å²) in [5.74, 6) is -0.256. The van der Waals surface area contributed by atoms with E-state index < -0.39 is 29.3 Å². The molecule has 0 radical (unpaired) electrons. The van der Waals surface area contributed by atoms with Crippen molar-refractivity contribution in [2.24, 2.45) is 5.92 Å². The van der Waals surface area contributed by atoms with Crippen molar-refractivity contribution < 1.29 is 19.1 Å². The predicted octanol–water partition coefficient (Wildman–Crippen LogP) is 4.41. The van der Waals surface area contributed by atoms with Crippen LogP contribution in [0.15, 0.2) is 18.2 Å². The number of benzene rings is 1. The summed E-state index contributed by atoms with van der Waals surface area (Å²) in [4.78, 5) is 41.3. The van der Waals surface area contributed by atoms with Gasteiger partial charge in [0.15, 0.2) is 0 Å². The zero-order chi connectivity index (χ0) is 25.3. The number of rotatable bonds is 6. The lowest BCUT2D eigenvalue weighted by atomic mass is 9.95. The van der Waals surface area contributed by atoms with Crippen LogP contribution in [0.4, 0.5) is 4.79 Å². The minimum Gasteiger partial charge on any atom is -0.444 e. The van der Waals surface area contributed by atoms with Crippen LogP contribution in [0.25, 0.3) is 0 Å². The second-order valence-corrected chi connectivity index (χ2v) is 11.4. The summed E-state index contributed by atoms with van der Waals surface area (Å²) < 4.78 is 5.33. The van der Waals surface area contributed by atoms with Gasteiger partial charge >= 0.3 is 6.09 Å². The van der Waals surface area contributed by atoms with Crippen molar-refractivity contribution in [1.82, 2.24) is 15.5 Å². The van der Waals surface area contributed by atoms with E-state index in [1.165, 1.54) is 0 Å². The molecule has 1 aromatic rings. The van der Waals surface area contributed by atoms with Crippen molar-refractivity contribution in [3.63, 3.8) is 0 Å². The van der Waals surface area contributed by atoms with Crippen LogP contribution in [0.1, 0.15) is 84.5 Å². The number of hydrogen-bond donors (Lipinski definition) is 2. The van der Waals surface area contributed by atoms with E-state index >= 15 is 0 Å². The largest absolute Gasteiger partial charge is 0.444 e. The lowest BCUT2D eigenvalue weighted by Gasteiger charge is -2.36. The summed E-state index contributed by atoms with van der Waals surface area (Å²) in [6, 6.07) is 4.20. The van der Waals surface area contributed by atoms with Crippen LogP contribution in [0.5, 0.6) is 0 Å². The Hall–Kier alpha value is -2.57. The third-order valence-electron chi connectivity index (χ3n) is 5.53. The Morgan fingerprint density at radius 3 is 2.12 bits per heavy atom. The molecule has 1 saturated carbocycles. The van der Waals surface area contributed by atoms with Crippen molar-refractivity contribution in [1.29, 1.82) is 0 Å². The molecule has 0 heterocycles. The molecule has 0 saturated heterocycles. The first-order chi connectivity index (χ1) is 15.0. The Morgan fingerprint density at radius 2 is 1.67 bits per heavy atom. The van der Waals surface area contributed by atoms with Crippen molar-refractivity contribution in [2.45, 2.75) is 105 Å². The fraction of sp³-hybridized carbons (Fsp3) is 0.654. The minimum absolute atomic E-state index is 0.0724. The van der Waals surface area contributed by atoms with E-state index in [0.29, 0.717) is 0 Å². The van der Waals surface area contributed by atoms with E-state index in [9.17, 15) is 14.4 Å². The van der Waals surface area contributed by atoms with Crippen LogP contribution in [0.3, 0.4) is 0 Å². The zero-order valence-corrected chi connectivity index (χ0v) is 21.8. The highest BCUT2D eigenvalue weighted by Crippen LogP contribution is 2.41. The van der Waals surface area contributed by atoms with E-state index in [2.05, 4.69) is 17.6 Å². The average molecular weight is 460 g/mol. The van der Waals surface area contributed by atoms with Crippen molar-refractivity contribution in [3.8, 4) is 0 Å². The van der Waals surface area contributed by atoms with E-state index in [-0.39, 0.29) is 23.8 Å². The fourth-order valence-corrected chi connectivity index (χ4v) is 3.93. The highest BCUT2D eigenvalue weighted by atomic mass is 16.6. The van der Waals surface area contributed by atoms with Gasteiger partial charge in [0.25, 0.3) is 0 Å². The summed E-state index contributed by atoms with van der Waals surface area (Å²) in [6.07, 6.45) is 0.157. The molecular weight excluding hydrogens is 418 g/mol. The summed E-state index contributed by atoms with van der Waals surface area (Å²) >= 11 is 0. The third-order valence-corrected chi connectivity index (χ3v) is 5.53. The Bertz CT molecular complexity index is 898. The maximum atomic E-state index is 13.7. The highest BCUT2D eigenvalue weighted by molar-refractivity contribution is 5.92. The van der Waals surface area contributed by atoms with Gasteiger partial charge in [-0.05, 0) is 85.8 Å². The highest BCUT2D eigenvalue weighted by Gasteiger charge is 2.48. The molecule has 1 aliphatic carbocycles. The summed E-state index contributed by atoms with van der Waals surface area (Å²) in [6.45, 7) is 18.7. The fourth-order valence-electron chi connectivity index (χ4n) is 3.93. The summed E-state index contributed by atoms with van der Waals surface area (Å²) in [5.41, 5.74) is 1.69. The van der Waals surface area contributed by atoms with E-state index in [1.807, 2.05) is 52.8 Å². The van der Waals surface area contributed by atoms with Crippen LogP contribution in [0.2, 0.25) is 0 Å². The minimum atomic E-state index is -0.844. The molecule has 2 N–H and O–H groups in total. The molecule has 1 aromatic carbocycles. The van der Waals surface area contributed by atoms with E-state index in [1.54, 1.807) is 32.6 Å². The Balaban J connectivity index is 2.45. The number of alkyl carbamates (subject to hydrolysis) is 1. The molecule has 0 spiro atoms. The molecule has 2 rings (SSSR count). The van der Waals surface area contributed by atoms with Crippen molar-refractivity contribution >= 4 is 17.9 Å². The van der Waals surface area contributed by atoms with Crippen molar-refractivity contribution in [3.05, 3.63) is 34.9 Å². The summed E-state index contributed by atoms with van der Waals surface area (Å²) in [7, 11) is 0. The smallest absolute Gasteiger partial charge is 0.408 e. The second kappa shape index (κ2) is 9.74. The van der Waals surface area contributed by atoms with Gasteiger partial charge in [-0.25, -0.2) is 4.79 Å². The summed E-state index contributed by atoms with van der Waals surface area (Å²) in [5, 5.41) is 5.71. The number of nitrogens with zero attached hydrogens (tertiary/aromatic N) is 1. The molecular formula is C26H41N3O4. The molecule has 0 aliphatic heterocycles. The van der Waals surface area contributed by atoms with Gasteiger partial charge in [-0.1, -0.05) is 30.7 Å². The number of hydrogen-bond acceptors (Lipinski definition) is 4. The molecule has 4 atom stereocenters. The van der Waals surface area contributed by atoms with E-state index in [0.717, 1.165) is 23.1 Å². The molecule has 7 nitrogen and oxygen atoms in total. The molecule has 3 amide bonds. The Labute approximate surface area is 198 Å². The quantitative estimate of drug-likeness (QED) is 0.660. The molecule has 0 aromatic heterocycles. The van der Waals surface area contributed by atoms with Gasteiger partial charge in [-0.3, -0.25) is 9.59 Å². The van der Waals surface area contributed by atoms with Crippen LogP contribution in [-0.4, -0.2) is 46.0 Å². The number of aryl methyl sites for hydroxylation is 2. The lowest BCUT2D eigenvalue weighted by molar-refractivity contribution is -0.143. The molecule has 0 bridgehead atoms. The first kappa shape index (κ1) is 26.7. The Kier molecular flexibility index (Phi) is 7.87. The topological polar surface area (TPSA) is 87.7 Å². The van der Waals surface area contributed by atoms with Crippen LogP contribution in [-0.2, 0) is 14.3 Å². The van der Waals surface area contributed by atoms with Gasteiger partial charge in [0.2, 0.25) is 11.8 Å². The van der Waals surface area contributed by atoms with Gasteiger partial charge < -0.3 is 20.3 Å². The first-order valence-corrected chi connectivity index (χ1v) is 11.7. The molecule has 184 valence electrons. The zero-order valence-electron chi connectivity index (χ0n) is 21.8. The molecule has 1 fully saturated rings. The van der Waals surface area contributed by atoms with Crippen LogP contribution >= 0.6 is 0 Å². The van der Waals surface area contributed by atoms with Crippen LogP contribution in [0, 0.1) is 19.8 Å². The standard InChI is InChI=1S/C26H41N3O4/c1-15-11-12-19(16(2)13-15)21(22(30)28-25(5,6)7)29(20-14-17(20)3)23(31)18(4)27-24(32)33-26(8,9)10/h11-13,17-18,20-21H,14H2,1-10H3,(H,27,32)(H,28,30). The monoisotopic (exact) mass is 459 g/mol. The van der Waals surface area contributed by atoms with E-state index in [4.69, 9.17) is 4.74 Å². The van der Waals surface area contributed by atoms with Gasteiger partial charge in [-0.2, -0.15) is 0 Å². The maximum absolute atomic E-state index is 13.7. The van der Waals surface area contributed by atoms with Gasteiger partial charge in [0, 0.05) is 11.6 Å². The lowest BCUT2D eigenvalue weighted by Crippen LogP contribution is -2.54. The number of nitrogens with one attached hydrogen (secondary N) is 2. The molecule has 33 heavy (non-hydrogen) atoms. The van der Waals surface area contributed by atoms with Crippen molar-refractivity contribution in [2.75, 3.05) is 0 Å². The van der Waals surface area contributed by atoms with Gasteiger partial charge in [0.1, 0.15) is 17.7 Å². The van der Waals surface area contributed by atoms with Gasteiger partial charge in [-0.15, -0.1) is 0 Å². The predicted molar refractivity (Wildman–Crippen MR) is 130 cm³/mol. The maximum Gasteiger partial charge on any atom is 0.408 e. The van der Waals surface area contributed by atoms with Gasteiger partial charge in [0.05, 0.1) is 0 Å². The molecule has 4 unspecified atom stereocenters. The average Bonchev–Trinajstić information content (AvgIpc) is 3.32. The van der Waals surface area contributed by atoms with Crippen LogP contribution < -0.4 is 10.6 Å². The number of ether oxygens (including phenoxy) is 1. The first-order valence-electron chi connectivity index (χ1n) is 11.7. The number of carbonyl (C=O) groups excluding carboxylic acids is 3. The molecule has 7 heteroatoms. The second-order valence-electron chi connectivity index (χ2n) is 11.4. The molecule has 1 aliphatic rings. The SMILES string of the molecule is Cc1ccc(C(C(=O)NC(C)(C)C)N(C(=O)C(C)NC(=O)OC(C)(C)C)C2CC2C)c(C)c1. The normalized spacial score (nSPS) is 19.8. The number of amides is 3. The third kappa shape index (κ3) is 7.47.